The van der Waals surface area contributed by atoms with Crippen LogP contribution in [-0.2, 0) is 11.4 Å². The molecule has 0 heterocycles. The maximum absolute atomic E-state index is 12.1. The van der Waals surface area contributed by atoms with E-state index in [0.29, 0.717) is 26.1 Å². The van der Waals surface area contributed by atoms with Crippen molar-refractivity contribution >= 4 is 11.6 Å². The van der Waals surface area contributed by atoms with E-state index in [4.69, 9.17) is 9.47 Å². The Kier molecular flexibility index (Phi) is 7.28. The Morgan fingerprint density at radius 1 is 0.862 bits per heavy atom. The fourth-order valence-electron chi connectivity index (χ4n) is 2.89. The summed E-state index contributed by atoms with van der Waals surface area (Å²) in [5.41, 5.74) is 4.23. The third-order valence-electron chi connectivity index (χ3n) is 4.75. The van der Waals surface area contributed by atoms with Crippen molar-refractivity contribution in [2.75, 3.05) is 11.9 Å². The van der Waals surface area contributed by atoms with Gasteiger partial charge in [0, 0.05) is 12.1 Å². The number of ether oxygens (including phenoxy) is 2. The summed E-state index contributed by atoms with van der Waals surface area (Å²) in [5.74, 6) is 1.64. The highest BCUT2D eigenvalue weighted by Crippen LogP contribution is 2.21. The van der Waals surface area contributed by atoms with Crippen molar-refractivity contribution < 1.29 is 14.3 Å². The third-order valence-corrected chi connectivity index (χ3v) is 4.75. The summed E-state index contributed by atoms with van der Waals surface area (Å²) in [5, 5.41) is 2.91. The zero-order chi connectivity index (χ0) is 20.5. The second kappa shape index (κ2) is 10.3. The smallest absolute Gasteiger partial charge is 0.224 e. The van der Waals surface area contributed by atoms with Crippen LogP contribution in [0.25, 0.3) is 0 Å². The lowest BCUT2D eigenvalue weighted by atomic mass is 10.1. The molecule has 0 saturated carbocycles. The van der Waals surface area contributed by atoms with Gasteiger partial charge in [-0.2, -0.15) is 0 Å². The Hall–Kier alpha value is -3.27. The number of hydrogen-bond acceptors (Lipinski definition) is 3. The molecule has 150 valence electrons. The van der Waals surface area contributed by atoms with E-state index >= 15 is 0 Å². The average Bonchev–Trinajstić information content (AvgIpc) is 2.74. The molecule has 0 atom stereocenters. The first kappa shape index (κ1) is 20.5. The molecular formula is C25H27NO3. The van der Waals surface area contributed by atoms with Crippen LogP contribution in [-0.4, -0.2) is 12.5 Å². The Morgan fingerprint density at radius 3 is 2.38 bits per heavy atom. The van der Waals surface area contributed by atoms with E-state index in [1.54, 1.807) is 0 Å². The molecule has 4 heteroatoms. The molecular weight excluding hydrogens is 362 g/mol. The molecule has 29 heavy (non-hydrogen) atoms. The molecule has 1 amide bonds. The van der Waals surface area contributed by atoms with Gasteiger partial charge in [-0.15, -0.1) is 0 Å². The molecule has 0 saturated heterocycles. The van der Waals surface area contributed by atoms with Gasteiger partial charge in [-0.3, -0.25) is 4.79 Å². The zero-order valence-electron chi connectivity index (χ0n) is 17.0. The van der Waals surface area contributed by atoms with Gasteiger partial charge in [0.25, 0.3) is 0 Å². The maximum atomic E-state index is 12.1. The summed E-state index contributed by atoms with van der Waals surface area (Å²) in [7, 11) is 0. The first-order valence-electron chi connectivity index (χ1n) is 9.87. The fraction of sp³-hybridized carbons (Fsp3) is 0.240. The first-order valence-corrected chi connectivity index (χ1v) is 9.87. The Balaban J connectivity index is 1.38. The Labute approximate surface area is 172 Å². The van der Waals surface area contributed by atoms with Crippen molar-refractivity contribution in [3.8, 4) is 11.5 Å². The number of carbonyl (C=O) groups excluding carboxylic acids is 1. The number of amides is 1. The minimum Gasteiger partial charge on any atom is -0.493 e. The number of rotatable bonds is 9. The van der Waals surface area contributed by atoms with Crippen LogP contribution in [0.2, 0.25) is 0 Å². The molecule has 1 N–H and O–H groups in total. The van der Waals surface area contributed by atoms with Crippen LogP contribution in [0, 0.1) is 13.8 Å². The molecule has 0 aliphatic heterocycles. The van der Waals surface area contributed by atoms with Crippen molar-refractivity contribution in [1.29, 1.82) is 0 Å². The largest absolute Gasteiger partial charge is 0.493 e. The number of hydrogen-bond donors (Lipinski definition) is 1. The first-order chi connectivity index (χ1) is 14.1. The van der Waals surface area contributed by atoms with Crippen LogP contribution < -0.4 is 14.8 Å². The standard InChI is InChI=1S/C25H27NO3/c1-19-8-6-11-24(20(19)2)28-17-7-12-25(27)26-22-13-15-23(16-14-22)29-18-21-9-4-3-5-10-21/h3-6,8-11,13-16H,7,12,17-18H2,1-2H3,(H,26,27). The maximum Gasteiger partial charge on any atom is 0.224 e. The topological polar surface area (TPSA) is 47.6 Å². The van der Waals surface area contributed by atoms with Crippen molar-refractivity contribution in [1.82, 2.24) is 0 Å². The van der Waals surface area contributed by atoms with Gasteiger partial charge in [0.05, 0.1) is 6.61 Å². The van der Waals surface area contributed by atoms with Crippen molar-refractivity contribution in [3.05, 3.63) is 89.5 Å². The zero-order valence-corrected chi connectivity index (χ0v) is 17.0. The van der Waals surface area contributed by atoms with Crippen LogP contribution in [0.3, 0.4) is 0 Å². The fourth-order valence-corrected chi connectivity index (χ4v) is 2.89. The van der Waals surface area contributed by atoms with E-state index in [2.05, 4.69) is 18.3 Å². The number of benzene rings is 3. The molecule has 4 nitrogen and oxygen atoms in total. The summed E-state index contributed by atoms with van der Waals surface area (Å²) in [6, 6.07) is 23.5. The van der Waals surface area contributed by atoms with Gasteiger partial charge in [0.1, 0.15) is 18.1 Å². The minimum absolute atomic E-state index is 0.0208. The van der Waals surface area contributed by atoms with Crippen LogP contribution in [0.1, 0.15) is 29.5 Å². The van der Waals surface area contributed by atoms with E-state index in [9.17, 15) is 4.79 Å². The molecule has 0 spiro atoms. The van der Waals surface area contributed by atoms with Crippen molar-refractivity contribution in [2.45, 2.75) is 33.3 Å². The highest BCUT2D eigenvalue weighted by atomic mass is 16.5. The molecule has 0 unspecified atom stereocenters. The number of nitrogens with one attached hydrogen (secondary N) is 1. The molecule has 3 aromatic carbocycles. The molecule has 0 bridgehead atoms. The lowest BCUT2D eigenvalue weighted by Gasteiger charge is -2.11. The predicted molar refractivity (Wildman–Crippen MR) is 116 cm³/mol. The number of aryl methyl sites for hydroxylation is 1. The van der Waals surface area contributed by atoms with Gasteiger partial charge >= 0.3 is 0 Å². The summed E-state index contributed by atoms with van der Waals surface area (Å²) in [6.45, 7) is 5.15. The van der Waals surface area contributed by atoms with Crippen LogP contribution in [0.15, 0.2) is 72.8 Å². The number of carbonyl (C=O) groups is 1. The summed E-state index contributed by atoms with van der Waals surface area (Å²) in [6.07, 6.45) is 1.08. The van der Waals surface area contributed by atoms with Crippen molar-refractivity contribution in [2.24, 2.45) is 0 Å². The third kappa shape index (κ3) is 6.39. The van der Waals surface area contributed by atoms with Crippen LogP contribution in [0.5, 0.6) is 11.5 Å². The highest BCUT2D eigenvalue weighted by molar-refractivity contribution is 5.90. The molecule has 0 radical (unpaired) electrons. The molecule has 3 rings (SSSR count). The lowest BCUT2D eigenvalue weighted by molar-refractivity contribution is -0.116. The van der Waals surface area contributed by atoms with E-state index in [0.717, 1.165) is 28.3 Å². The second-order valence-corrected chi connectivity index (χ2v) is 7.00. The van der Waals surface area contributed by atoms with Gasteiger partial charge in [0.15, 0.2) is 0 Å². The number of anilines is 1. The summed E-state index contributed by atoms with van der Waals surface area (Å²) in [4.78, 5) is 12.1. The Morgan fingerprint density at radius 2 is 1.62 bits per heavy atom. The van der Waals surface area contributed by atoms with Gasteiger partial charge < -0.3 is 14.8 Å². The summed E-state index contributed by atoms with van der Waals surface area (Å²) >= 11 is 0. The highest BCUT2D eigenvalue weighted by Gasteiger charge is 2.05. The predicted octanol–water partition coefficient (Wildman–Crippen LogP) is 5.68. The molecule has 3 aromatic rings. The average molecular weight is 389 g/mol. The second-order valence-electron chi connectivity index (χ2n) is 7.00. The monoisotopic (exact) mass is 389 g/mol. The van der Waals surface area contributed by atoms with E-state index < -0.39 is 0 Å². The molecule has 0 aliphatic rings. The van der Waals surface area contributed by atoms with Gasteiger partial charge in [0.2, 0.25) is 5.91 Å². The van der Waals surface area contributed by atoms with Gasteiger partial charge in [-0.1, -0.05) is 42.5 Å². The van der Waals surface area contributed by atoms with E-state index in [1.807, 2.05) is 73.7 Å². The normalized spacial score (nSPS) is 10.4. The van der Waals surface area contributed by atoms with Gasteiger partial charge in [-0.25, -0.2) is 0 Å². The molecule has 0 aliphatic carbocycles. The quantitative estimate of drug-likeness (QED) is 0.479. The van der Waals surface area contributed by atoms with Crippen molar-refractivity contribution in [3.63, 3.8) is 0 Å². The van der Waals surface area contributed by atoms with Crippen LogP contribution in [0.4, 0.5) is 5.69 Å². The summed E-state index contributed by atoms with van der Waals surface area (Å²) < 4.78 is 11.6. The van der Waals surface area contributed by atoms with E-state index in [1.165, 1.54) is 5.56 Å². The Bertz CT molecular complexity index is 921. The van der Waals surface area contributed by atoms with Gasteiger partial charge in [-0.05, 0) is 67.3 Å². The SMILES string of the molecule is Cc1cccc(OCCCC(=O)Nc2ccc(OCc3ccccc3)cc2)c1C. The van der Waals surface area contributed by atoms with Crippen LogP contribution >= 0.6 is 0 Å². The molecule has 0 aromatic heterocycles. The lowest BCUT2D eigenvalue weighted by Crippen LogP contribution is -2.13. The van der Waals surface area contributed by atoms with E-state index in [-0.39, 0.29) is 5.91 Å². The minimum atomic E-state index is -0.0208. The molecule has 0 fully saturated rings.